The lowest BCUT2D eigenvalue weighted by Crippen LogP contribution is -2.09. The standard InChI is InChI=1S/C14H14ClN3/c15-10-1-2-11-9(5-10)6-12-13(11)18-14(17-12)8-3-4-16-7-8/h1-2,5,8,16H,3-4,6-7H2,(H,17,18). The van der Waals surface area contributed by atoms with Gasteiger partial charge in [0, 0.05) is 35.2 Å². The van der Waals surface area contributed by atoms with E-state index in [1.807, 2.05) is 12.1 Å². The average molecular weight is 260 g/mol. The zero-order chi connectivity index (χ0) is 12.1. The number of imidazole rings is 1. The minimum absolute atomic E-state index is 0.548. The lowest BCUT2D eigenvalue weighted by molar-refractivity contribution is 0.711. The maximum Gasteiger partial charge on any atom is 0.111 e. The molecule has 0 radical (unpaired) electrons. The maximum absolute atomic E-state index is 6.03. The van der Waals surface area contributed by atoms with Crippen molar-refractivity contribution in [3.63, 3.8) is 0 Å². The Kier molecular flexibility index (Phi) is 2.26. The molecule has 3 nitrogen and oxygen atoms in total. The second-order valence-corrected chi connectivity index (χ2v) is 5.55. The van der Waals surface area contributed by atoms with Gasteiger partial charge in [-0.05, 0) is 30.7 Å². The van der Waals surface area contributed by atoms with Gasteiger partial charge in [0.25, 0.3) is 0 Å². The van der Waals surface area contributed by atoms with E-state index in [-0.39, 0.29) is 0 Å². The highest BCUT2D eigenvalue weighted by molar-refractivity contribution is 6.30. The highest BCUT2D eigenvalue weighted by atomic mass is 35.5. The summed E-state index contributed by atoms with van der Waals surface area (Å²) in [6, 6.07) is 6.07. The molecule has 0 amide bonds. The summed E-state index contributed by atoms with van der Waals surface area (Å²) >= 11 is 6.03. The van der Waals surface area contributed by atoms with E-state index in [9.17, 15) is 0 Å². The van der Waals surface area contributed by atoms with Gasteiger partial charge in [0.2, 0.25) is 0 Å². The molecular formula is C14H14ClN3. The van der Waals surface area contributed by atoms with Crippen LogP contribution in [0.5, 0.6) is 0 Å². The molecule has 1 aromatic heterocycles. The molecule has 92 valence electrons. The largest absolute Gasteiger partial charge is 0.345 e. The first-order chi connectivity index (χ1) is 8.81. The lowest BCUT2D eigenvalue weighted by atomic mass is 10.1. The van der Waals surface area contributed by atoms with Crippen molar-refractivity contribution in [2.45, 2.75) is 18.8 Å². The summed E-state index contributed by atoms with van der Waals surface area (Å²) < 4.78 is 0. The van der Waals surface area contributed by atoms with E-state index in [0.717, 1.165) is 36.1 Å². The number of benzene rings is 1. The van der Waals surface area contributed by atoms with E-state index in [4.69, 9.17) is 16.6 Å². The molecule has 0 spiro atoms. The predicted molar refractivity (Wildman–Crippen MR) is 72.1 cm³/mol. The van der Waals surface area contributed by atoms with E-state index in [2.05, 4.69) is 16.4 Å². The molecule has 2 aromatic rings. The Balaban J connectivity index is 1.76. The third-order valence-electron chi connectivity index (χ3n) is 3.93. The number of nitrogens with zero attached hydrogens (tertiary/aromatic N) is 1. The quantitative estimate of drug-likeness (QED) is 0.706. The van der Waals surface area contributed by atoms with Crippen LogP contribution in [0.4, 0.5) is 0 Å². The molecule has 0 bridgehead atoms. The molecule has 2 aliphatic rings. The van der Waals surface area contributed by atoms with E-state index in [1.54, 1.807) is 0 Å². The number of hydrogen-bond acceptors (Lipinski definition) is 2. The first kappa shape index (κ1) is 10.6. The van der Waals surface area contributed by atoms with Crippen LogP contribution >= 0.6 is 11.6 Å². The molecular weight excluding hydrogens is 246 g/mol. The van der Waals surface area contributed by atoms with Crippen LogP contribution in [0.1, 0.15) is 29.4 Å². The highest BCUT2D eigenvalue weighted by Crippen LogP contribution is 2.37. The zero-order valence-corrected chi connectivity index (χ0v) is 10.7. The molecule has 4 heteroatoms. The molecule has 4 rings (SSSR count). The number of aromatic nitrogens is 2. The van der Waals surface area contributed by atoms with Crippen LogP contribution in [0.3, 0.4) is 0 Å². The van der Waals surface area contributed by atoms with Crippen molar-refractivity contribution in [1.29, 1.82) is 0 Å². The predicted octanol–water partition coefficient (Wildman–Crippen LogP) is 2.71. The van der Waals surface area contributed by atoms with E-state index >= 15 is 0 Å². The highest BCUT2D eigenvalue weighted by Gasteiger charge is 2.26. The van der Waals surface area contributed by atoms with Gasteiger partial charge in [0.05, 0.1) is 5.69 Å². The number of halogens is 1. The van der Waals surface area contributed by atoms with Gasteiger partial charge in [-0.15, -0.1) is 0 Å². The molecule has 0 saturated carbocycles. The fourth-order valence-corrected chi connectivity index (χ4v) is 3.19. The first-order valence-electron chi connectivity index (χ1n) is 6.39. The van der Waals surface area contributed by atoms with Gasteiger partial charge in [0.15, 0.2) is 0 Å². The molecule has 1 atom stereocenters. The Morgan fingerprint density at radius 3 is 3.11 bits per heavy atom. The van der Waals surface area contributed by atoms with Crippen LogP contribution in [0.15, 0.2) is 18.2 Å². The van der Waals surface area contributed by atoms with Crippen molar-refractivity contribution in [1.82, 2.24) is 15.3 Å². The number of rotatable bonds is 1. The molecule has 1 fully saturated rings. The van der Waals surface area contributed by atoms with E-state index < -0.39 is 0 Å². The minimum Gasteiger partial charge on any atom is -0.345 e. The third kappa shape index (κ3) is 1.51. The van der Waals surface area contributed by atoms with Crippen molar-refractivity contribution in [3.8, 4) is 11.3 Å². The van der Waals surface area contributed by atoms with Gasteiger partial charge in [0.1, 0.15) is 5.82 Å². The van der Waals surface area contributed by atoms with Crippen LogP contribution in [0.25, 0.3) is 11.3 Å². The first-order valence-corrected chi connectivity index (χ1v) is 6.77. The van der Waals surface area contributed by atoms with Gasteiger partial charge < -0.3 is 10.3 Å². The summed E-state index contributed by atoms with van der Waals surface area (Å²) in [7, 11) is 0. The van der Waals surface area contributed by atoms with Gasteiger partial charge in [-0.3, -0.25) is 0 Å². The molecule has 1 aromatic carbocycles. The number of fused-ring (bicyclic) bond motifs is 3. The van der Waals surface area contributed by atoms with Crippen LogP contribution < -0.4 is 5.32 Å². The van der Waals surface area contributed by atoms with E-state index in [1.165, 1.54) is 23.2 Å². The van der Waals surface area contributed by atoms with Gasteiger partial charge in [-0.2, -0.15) is 0 Å². The Labute approximate surface area is 111 Å². The van der Waals surface area contributed by atoms with Gasteiger partial charge in [-0.1, -0.05) is 17.7 Å². The average Bonchev–Trinajstić information content (AvgIpc) is 3.01. The van der Waals surface area contributed by atoms with Crippen molar-refractivity contribution >= 4 is 11.6 Å². The van der Waals surface area contributed by atoms with Crippen LogP contribution in [0.2, 0.25) is 5.02 Å². The van der Waals surface area contributed by atoms with Gasteiger partial charge in [-0.25, -0.2) is 4.98 Å². The second kappa shape index (κ2) is 3.84. The number of hydrogen-bond donors (Lipinski definition) is 2. The van der Waals surface area contributed by atoms with Gasteiger partial charge >= 0.3 is 0 Å². The molecule has 2 heterocycles. The summed E-state index contributed by atoms with van der Waals surface area (Å²) in [4.78, 5) is 8.31. The Morgan fingerprint density at radius 2 is 2.28 bits per heavy atom. The summed E-state index contributed by atoms with van der Waals surface area (Å²) in [5, 5.41) is 4.19. The molecule has 1 aliphatic carbocycles. The van der Waals surface area contributed by atoms with Crippen molar-refractivity contribution in [2.75, 3.05) is 13.1 Å². The summed E-state index contributed by atoms with van der Waals surface area (Å²) in [5.41, 5.74) is 4.90. The molecule has 1 aliphatic heterocycles. The van der Waals surface area contributed by atoms with Crippen LogP contribution in [0, 0.1) is 0 Å². The smallest absolute Gasteiger partial charge is 0.111 e. The van der Waals surface area contributed by atoms with E-state index in [0.29, 0.717) is 5.92 Å². The summed E-state index contributed by atoms with van der Waals surface area (Å²) in [6.45, 7) is 2.14. The topological polar surface area (TPSA) is 40.7 Å². The normalized spacial score (nSPS) is 21.1. The number of nitrogens with one attached hydrogen (secondary N) is 2. The third-order valence-corrected chi connectivity index (χ3v) is 4.17. The SMILES string of the molecule is Clc1ccc2c(c1)Cc1[nH]c(C3CCNC3)nc1-2. The zero-order valence-electron chi connectivity index (χ0n) is 9.96. The minimum atomic E-state index is 0.548. The summed E-state index contributed by atoms with van der Waals surface area (Å²) in [6.07, 6.45) is 2.11. The molecule has 2 N–H and O–H groups in total. The number of aromatic amines is 1. The number of H-pyrrole nitrogens is 1. The lowest BCUT2D eigenvalue weighted by Gasteiger charge is -2.04. The fourth-order valence-electron chi connectivity index (χ4n) is 2.99. The Bertz CT molecular complexity index is 611. The van der Waals surface area contributed by atoms with Crippen LogP contribution in [-0.4, -0.2) is 23.1 Å². The Hall–Kier alpha value is -1.32. The maximum atomic E-state index is 6.03. The molecule has 1 unspecified atom stereocenters. The molecule has 1 saturated heterocycles. The van der Waals surface area contributed by atoms with Crippen LogP contribution in [-0.2, 0) is 6.42 Å². The fraction of sp³-hybridized carbons (Fsp3) is 0.357. The summed E-state index contributed by atoms with van der Waals surface area (Å²) in [5.74, 6) is 1.69. The molecule has 18 heavy (non-hydrogen) atoms. The van der Waals surface area contributed by atoms with Crippen molar-refractivity contribution < 1.29 is 0 Å². The second-order valence-electron chi connectivity index (χ2n) is 5.12. The van der Waals surface area contributed by atoms with Crippen molar-refractivity contribution in [3.05, 3.63) is 40.3 Å². The Morgan fingerprint density at radius 1 is 1.33 bits per heavy atom. The van der Waals surface area contributed by atoms with Crippen molar-refractivity contribution in [2.24, 2.45) is 0 Å². The monoisotopic (exact) mass is 259 g/mol.